The van der Waals surface area contributed by atoms with Gasteiger partial charge in [-0.3, -0.25) is 4.79 Å². The van der Waals surface area contributed by atoms with Gasteiger partial charge in [0.05, 0.1) is 12.0 Å². The van der Waals surface area contributed by atoms with E-state index in [0.29, 0.717) is 6.61 Å². The van der Waals surface area contributed by atoms with E-state index < -0.39 is 0 Å². The molecule has 0 saturated heterocycles. The number of hydrogen-bond donors (Lipinski definition) is 0. The van der Waals surface area contributed by atoms with Crippen molar-refractivity contribution in [3.05, 3.63) is 86.5 Å². The van der Waals surface area contributed by atoms with Crippen LogP contribution >= 0.6 is 27.3 Å². The molecule has 2 aromatic carbocycles. The van der Waals surface area contributed by atoms with Crippen LogP contribution in [-0.2, 0) is 6.61 Å². The Bertz CT molecular complexity index is 900. The summed E-state index contributed by atoms with van der Waals surface area (Å²) in [5.74, 6) is 1.54. The minimum absolute atomic E-state index is 0.00322. The zero-order valence-electron chi connectivity index (χ0n) is 14.1. The van der Waals surface area contributed by atoms with E-state index in [9.17, 15) is 4.79 Å². The van der Waals surface area contributed by atoms with Crippen molar-refractivity contribution >= 4 is 39.1 Å². The van der Waals surface area contributed by atoms with E-state index in [4.69, 9.17) is 9.47 Å². The Morgan fingerprint density at radius 3 is 2.65 bits per heavy atom. The fraction of sp³-hybridized carbons (Fsp3) is 0.0952. The molecule has 0 amide bonds. The number of ether oxygens (including phenoxy) is 2. The van der Waals surface area contributed by atoms with E-state index >= 15 is 0 Å². The maximum Gasteiger partial charge on any atom is 0.195 e. The first-order chi connectivity index (χ1) is 12.7. The van der Waals surface area contributed by atoms with Crippen molar-refractivity contribution in [2.75, 3.05) is 7.11 Å². The summed E-state index contributed by atoms with van der Waals surface area (Å²) in [6.45, 7) is 0.380. The van der Waals surface area contributed by atoms with Crippen molar-refractivity contribution in [1.82, 2.24) is 0 Å². The first-order valence-electron chi connectivity index (χ1n) is 7.97. The van der Waals surface area contributed by atoms with Crippen molar-refractivity contribution in [2.45, 2.75) is 6.61 Å². The van der Waals surface area contributed by atoms with Gasteiger partial charge in [-0.15, -0.1) is 11.3 Å². The topological polar surface area (TPSA) is 35.5 Å². The SMILES string of the molecule is COc1ccc(/C=C/C(=O)c2cccs2)cc1COc1ccc(Br)cc1. The Kier molecular flexibility index (Phi) is 6.26. The standard InChI is InChI=1S/C21H17BrO3S/c1-24-20-11-5-15(4-10-19(23)21-3-2-12-26-21)13-16(20)14-25-18-8-6-17(22)7-9-18/h2-13H,14H2,1H3/b10-4+. The molecule has 0 bridgehead atoms. The number of allylic oxidation sites excluding steroid dienone is 1. The number of halogens is 1. The fourth-order valence-electron chi connectivity index (χ4n) is 2.38. The van der Waals surface area contributed by atoms with Crippen molar-refractivity contribution in [1.29, 1.82) is 0 Å². The van der Waals surface area contributed by atoms with Crippen LogP contribution in [0.2, 0.25) is 0 Å². The van der Waals surface area contributed by atoms with Crippen LogP contribution in [0.4, 0.5) is 0 Å². The number of benzene rings is 2. The molecule has 0 saturated carbocycles. The molecule has 1 heterocycles. The Balaban J connectivity index is 1.73. The summed E-state index contributed by atoms with van der Waals surface area (Å²) in [5, 5.41) is 1.89. The Hall–Kier alpha value is -2.37. The first-order valence-corrected chi connectivity index (χ1v) is 9.64. The average Bonchev–Trinajstić information content (AvgIpc) is 3.20. The van der Waals surface area contributed by atoms with Crippen LogP contribution in [0.15, 0.2) is 70.5 Å². The first kappa shape index (κ1) is 18.4. The van der Waals surface area contributed by atoms with Crippen molar-refractivity contribution in [3.63, 3.8) is 0 Å². The Morgan fingerprint density at radius 1 is 1.15 bits per heavy atom. The number of carbonyl (C=O) groups is 1. The van der Waals surface area contributed by atoms with Crippen LogP contribution in [0.25, 0.3) is 6.08 Å². The predicted molar refractivity (Wildman–Crippen MR) is 109 cm³/mol. The Labute approximate surface area is 165 Å². The summed E-state index contributed by atoms with van der Waals surface area (Å²) < 4.78 is 12.3. The third-order valence-electron chi connectivity index (χ3n) is 3.70. The van der Waals surface area contributed by atoms with Gasteiger partial charge in [-0.2, -0.15) is 0 Å². The molecule has 3 rings (SSSR count). The van der Waals surface area contributed by atoms with Gasteiger partial charge in [-0.05, 0) is 59.5 Å². The monoisotopic (exact) mass is 428 g/mol. The molecule has 26 heavy (non-hydrogen) atoms. The molecule has 0 aliphatic rings. The predicted octanol–water partition coefficient (Wildman–Crippen LogP) is 5.99. The van der Waals surface area contributed by atoms with Crippen molar-refractivity contribution in [2.24, 2.45) is 0 Å². The zero-order valence-corrected chi connectivity index (χ0v) is 16.5. The molecule has 0 aliphatic carbocycles. The molecule has 0 unspecified atom stereocenters. The third-order valence-corrected chi connectivity index (χ3v) is 5.12. The molecule has 0 fully saturated rings. The molecule has 3 aromatic rings. The van der Waals surface area contributed by atoms with Gasteiger partial charge < -0.3 is 9.47 Å². The second kappa shape index (κ2) is 8.83. The molecular formula is C21H17BrO3S. The molecule has 0 N–H and O–H groups in total. The van der Waals surface area contributed by atoms with E-state index in [0.717, 1.165) is 32.0 Å². The van der Waals surface area contributed by atoms with Crippen LogP contribution in [0.5, 0.6) is 11.5 Å². The summed E-state index contributed by atoms with van der Waals surface area (Å²) in [6, 6.07) is 17.1. The molecule has 3 nitrogen and oxygen atoms in total. The van der Waals surface area contributed by atoms with Gasteiger partial charge in [0.15, 0.2) is 5.78 Å². The third kappa shape index (κ3) is 4.84. The van der Waals surface area contributed by atoms with E-state index in [1.165, 1.54) is 11.3 Å². The highest BCUT2D eigenvalue weighted by Gasteiger charge is 2.06. The smallest absolute Gasteiger partial charge is 0.195 e. The number of rotatable bonds is 7. The summed E-state index contributed by atoms with van der Waals surface area (Å²) in [7, 11) is 1.63. The largest absolute Gasteiger partial charge is 0.496 e. The van der Waals surface area contributed by atoms with Gasteiger partial charge in [-0.25, -0.2) is 0 Å². The van der Waals surface area contributed by atoms with Gasteiger partial charge >= 0.3 is 0 Å². The van der Waals surface area contributed by atoms with Crippen molar-refractivity contribution < 1.29 is 14.3 Å². The van der Waals surface area contributed by atoms with Crippen LogP contribution in [0.3, 0.4) is 0 Å². The molecule has 5 heteroatoms. The van der Waals surface area contributed by atoms with Crippen LogP contribution in [-0.4, -0.2) is 12.9 Å². The normalized spacial score (nSPS) is 10.8. The molecule has 1 aromatic heterocycles. The molecule has 0 spiro atoms. The fourth-order valence-corrected chi connectivity index (χ4v) is 3.29. The number of methoxy groups -OCH3 is 1. The molecular weight excluding hydrogens is 412 g/mol. The summed E-state index contributed by atoms with van der Waals surface area (Å²) in [5.41, 5.74) is 1.84. The summed E-state index contributed by atoms with van der Waals surface area (Å²) in [6.07, 6.45) is 3.40. The molecule has 0 atom stereocenters. The lowest BCUT2D eigenvalue weighted by Crippen LogP contribution is -1.99. The number of thiophene rings is 1. The van der Waals surface area contributed by atoms with E-state index in [1.807, 2.05) is 66.1 Å². The molecule has 0 aliphatic heterocycles. The van der Waals surface area contributed by atoms with Gasteiger partial charge in [-0.1, -0.05) is 34.1 Å². The lowest BCUT2D eigenvalue weighted by molar-refractivity contribution is 0.105. The molecule has 132 valence electrons. The van der Waals surface area contributed by atoms with E-state index in [-0.39, 0.29) is 5.78 Å². The van der Waals surface area contributed by atoms with Gasteiger partial charge in [0, 0.05) is 10.0 Å². The van der Waals surface area contributed by atoms with Gasteiger partial charge in [0.1, 0.15) is 18.1 Å². The highest BCUT2D eigenvalue weighted by molar-refractivity contribution is 9.10. The number of hydrogen-bond acceptors (Lipinski definition) is 4. The van der Waals surface area contributed by atoms with Gasteiger partial charge in [0.2, 0.25) is 0 Å². The minimum Gasteiger partial charge on any atom is -0.496 e. The highest BCUT2D eigenvalue weighted by atomic mass is 79.9. The van der Waals surface area contributed by atoms with Crippen LogP contribution in [0.1, 0.15) is 20.8 Å². The van der Waals surface area contributed by atoms with Crippen molar-refractivity contribution in [3.8, 4) is 11.5 Å². The Morgan fingerprint density at radius 2 is 1.96 bits per heavy atom. The van der Waals surface area contributed by atoms with Crippen LogP contribution in [0, 0.1) is 0 Å². The minimum atomic E-state index is 0.00322. The summed E-state index contributed by atoms with van der Waals surface area (Å²) >= 11 is 4.84. The van der Waals surface area contributed by atoms with E-state index in [2.05, 4.69) is 15.9 Å². The van der Waals surface area contributed by atoms with E-state index in [1.54, 1.807) is 13.2 Å². The quantitative estimate of drug-likeness (QED) is 0.342. The highest BCUT2D eigenvalue weighted by Crippen LogP contribution is 2.24. The molecule has 0 radical (unpaired) electrons. The van der Waals surface area contributed by atoms with Gasteiger partial charge in [0.25, 0.3) is 0 Å². The number of ketones is 1. The summed E-state index contributed by atoms with van der Waals surface area (Å²) in [4.78, 5) is 12.8. The average molecular weight is 429 g/mol. The maximum absolute atomic E-state index is 12.1. The maximum atomic E-state index is 12.1. The number of carbonyl (C=O) groups excluding carboxylic acids is 1. The lowest BCUT2D eigenvalue weighted by atomic mass is 10.1. The second-order valence-electron chi connectivity index (χ2n) is 5.49. The second-order valence-corrected chi connectivity index (χ2v) is 7.35. The lowest BCUT2D eigenvalue weighted by Gasteiger charge is -2.11. The zero-order chi connectivity index (χ0) is 18.4. The van der Waals surface area contributed by atoms with Crippen LogP contribution < -0.4 is 9.47 Å².